The maximum Gasteiger partial charge on any atom is 0.223 e. The molecule has 1 aliphatic heterocycles. The molecule has 9 nitrogen and oxygen atoms in total. The van der Waals surface area contributed by atoms with Crippen molar-refractivity contribution >= 4 is 29.2 Å². The first-order chi connectivity index (χ1) is 15.0. The number of hydrogen-bond acceptors (Lipinski definition) is 9. The molecule has 0 amide bonds. The fourth-order valence-corrected chi connectivity index (χ4v) is 3.91. The number of nitrogens with two attached hydrogens (primary N) is 1. The summed E-state index contributed by atoms with van der Waals surface area (Å²) in [6, 6.07) is 7.41. The summed E-state index contributed by atoms with van der Waals surface area (Å²) in [6.45, 7) is 0.775. The van der Waals surface area contributed by atoms with E-state index in [1.54, 1.807) is 32.7 Å². The number of ketones is 1. The molecule has 0 saturated heterocycles. The molecular weight excluding hydrogens is 420 g/mol. The fourth-order valence-electron chi connectivity index (χ4n) is 3.65. The van der Waals surface area contributed by atoms with Gasteiger partial charge in [0.15, 0.2) is 17.3 Å². The second kappa shape index (κ2) is 8.73. The topological polar surface area (TPSA) is 116 Å². The van der Waals surface area contributed by atoms with Gasteiger partial charge >= 0.3 is 0 Å². The highest BCUT2D eigenvalue weighted by Gasteiger charge is 2.36. The molecule has 0 aromatic carbocycles. The Hall–Kier alpha value is -3.46. The summed E-state index contributed by atoms with van der Waals surface area (Å²) < 4.78 is 10.6. The zero-order valence-electron chi connectivity index (χ0n) is 17.1. The van der Waals surface area contributed by atoms with Crippen LogP contribution in [-0.2, 0) is 13.0 Å². The number of aromatic nitrogens is 4. The Morgan fingerprint density at radius 1 is 1.16 bits per heavy atom. The van der Waals surface area contributed by atoms with Crippen molar-refractivity contribution in [1.29, 1.82) is 0 Å². The third kappa shape index (κ3) is 4.22. The highest BCUT2D eigenvalue weighted by atomic mass is 35.5. The minimum Gasteiger partial charge on any atom is -0.493 e. The number of hydrogen-bond donors (Lipinski definition) is 1. The first kappa shape index (κ1) is 20.8. The Morgan fingerprint density at radius 2 is 1.97 bits per heavy atom. The molecule has 0 fully saturated rings. The summed E-state index contributed by atoms with van der Waals surface area (Å²) in [5, 5.41) is 0.0449. The standard InChI is InChI=1S/C21H21ClN6O3/c1-30-15-8-14(25-9-16(15)31-2)11-28-10-12(7-13-5-3-4-6-24-13)18(29)17-19(22)26-21(23)27-20(17)28/h3-6,8-9,12H,7,10-11H2,1-2H3,(H2,23,26,27). The number of methoxy groups -OCH3 is 2. The normalized spacial score (nSPS) is 15.5. The van der Waals surface area contributed by atoms with Crippen LogP contribution in [0.3, 0.4) is 0 Å². The maximum absolute atomic E-state index is 13.2. The van der Waals surface area contributed by atoms with E-state index in [2.05, 4.69) is 19.9 Å². The van der Waals surface area contributed by atoms with Gasteiger partial charge in [0.05, 0.1) is 38.2 Å². The summed E-state index contributed by atoms with van der Waals surface area (Å²) in [5.41, 5.74) is 7.62. The van der Waals surface area contributed by atoms with E-state index in [-0.39, 0.29) is 28.4 Å². The smallest absolute Gasteiger partial charge is 0.223 e. The quantitative estimate of drug-likeness (QED) is 0.577. The Morgan fingerprint density at radius 3 is 2.68 bits per heavy atom. The first-order valence-corrected chi connectivity index (χ1v) is 9.97. The molecule has 1 atom stereocenters. The van der Waals surface area contributed by atoms with Crippen molar-refractivity contribution in [1.82, 2.24) is 19.9 Å². The molecule has 0 bridgehead atoms. The number of ether oxygens (including phenoxy) is 2. The van der Waals surface area contributed by atoms with Gasteiger partial charge in [-0.25, -0.2) is 4.98 Å². The van der Waals surface area contributed by atoms with E-state index in [9.17, 15) is 4.79 Å². The molecule has 0 aliphatic carbocycles. The fraction of sp³-hybridized carbons (Fsp3) is 0.286. The van der Waals surface area contributed by atoms with Crippen LogP contribution in [0.25, 0.3) is 0 Å². The lowest BCUT2D eigenvalue weighted by atomic mass is 9.89. The largest absolute Gasteiger partial charge is 0.493 e. The lowest BCUT2D eigenvalue weighted by Gasteiger charge is -2.34. The number of halogens is 1. The number of anilines is 2. The summed E-state index contributed by atoms with van der Waals surface area (Å²) in [7, 11) is 3.11. The molecule has 160 valence electrons. The Balaban J connectivity index is 1.71. The van der Waals surface area contributed by atoms with E-state index in [4.69, 9.17) is 26.8 Å². The van der Waals surface area contributed by atoms with Gasteiger partial charge < -0.3 is 20.1 Å². The number of Topliss-reactive ketones (excluding diaryl/α,β-unsaturated/α-hetero) is 1. The van der Waals surface area contributed by atoms with Crippen molar-refractivity contribution in [3.05, 3.63) is 58.8 Å². The molecule has 2 N–H and O–H groups in total. The lowest BCUT2D eigenvalue weighted by molar-refractivity contribution is 0.0912. The molecule has 1 unspecified atom stereocenters. The average Bonchev–Trinajstić information content (AvgIpc) is 2.77. The van der Waals surface area contributed by atoms with E-state index in [0.717, 1.165) is 5.69 Å². The van der Waals surface area contributed by atoms with E-state index in [1.807, 2.05) is 23.1 Å². The summed E-state index contributed by atoms with van der Waals surface area (Å²) in [6.07, 6.45) is 3.77. The van der Waals surface area contributed by atoms with Crippen LogP contribution in [-0.4, -0.2) is 46.5 Å². The first-order valence-electron chi connectivity index (χ1n) is 9.59. The number of fused-ring (bicyclic) bond motifs is 1. The monoisotopic (exact) mass is 440 g/mol. The second-order valence-corrected chi connectivity index (χ2v) is 7.43. The van der Waals surface area contributed by atoms with Gasteiger partial charge in [-0.3, -0.25) is 14.8 Å². The lowest BCUT2D eigenvalue weighted by Crippen LogP contribution is -2.41. The van der Waals surface area contributed by atoms with Crippen molar-refractivity contribution in [3.8, 4) is 11.5 Å². The van der Waals surface area contributed by atoms with Gasteiger partial charge in [0.2, 0.25) is 5.95 Å². The Kier molecular flexibility index (Phi) is 5.85. The molecule has 3 aromatic rings. The number of carbonyl (C=O) groups excluding carboxylic acids is 1. The highest BCUT2D eigenvalue weighted by Crippen LogP contribution is 2.35. The molecular formula is C21H21ClN6O3. The predicted molar refractivity (Wildman–Crippen MR) is 116 cm³/mol. The van der Waals surface area contributed by atoms with Crippen molar-refractivity contribution in [3.63, 3.8) is 0 Å². The van der Waals surface area contributed by atoms with Crippen molar-refractivity contribution in [2.24, 2.45) is 5.92 Å². The van der Waals surface area contributed by atoms with E-state index < -0.39 is 0 Å². The average molecular weight is 441 g/mol. The summed E-state index contributed by atoms with van der Waals surface area (Å²) in [4.78, 5) is 32.3. The number of rotatable bonds is 6. The maximum atomic E-state index is 13.2. The summed E-state index contributed by atoms with van der Waals surface area (Å²) in [5.74, 6) is 1.00. The van der Waals surface area contributed by atoms with Crippen molar-refractivity contribution in [2.75, 3.05) is 31.4 Å². The van der Waals surface area contributed by atoms with Crippen LogP contribution in [0.1, 0.15) is 21.7 Å². The third-order valence-electron chi connectivity index (χ3n) is 5.08. The molecule has 1 aliphatic rings. The van der Waals surface area contributed by atoms with Crippen LogP contribution >= 0.6 is 11.6 Å². The third-order valence-corrected chi connectivity index (χ3v) is 5.36. The van der Waals surface area contributed by atoms with Crippen LogP contribution in [0.15, 0.2) is 36.7 Å². The number of nitrogen functional groups attached to an aromatic ring is 1. The van der Waals surface area contributed by atoms with E-state index >= 15 is 0 Å². The predicted octanol–water partition coefficient (Wildman–Crippen LogP) is 2.58. The molecule has 4 rings (SSSR count). The zero-order chi connectivity index (χ0) is 22.0. The van der Waals surface area contributed by atoms with Gasteiger partial charge in [-0.1, -0.05) is 17.7 Å². The highest BCUT2D eigenvalue weighted by molar-refractivity contribution is 6.34. The van der Waals surface area contributed by atoms with Gasteiger partial charge in [0.25, 0.3) is 0 Å². The van der Waals surface area contributed by atoms with Crippen molar-refractivity contribution < 1.29 is 14.3 Å². The van der Waals surface area contributed by atoms with Crippen LogP contribution in [0.4, 0.5) is 11.8 Å². The van der Waals surface area contributed by atoms with Crippen LogP contribution in [0, 0.1) is 5.92 Å². The molecule has 10 heteroatoms. The minimum atomic E-state index is -0.368. The van der Waals surface area contributed by atoms with Crippen LogP contribution in [0.2, 0.25) is 5.15 Å². The molecule has 3 aromatic heterocycles. The number of carbonyl (C=O) groups is 1. The van der Waals surface area contributed by atoms with Crippen molar-refractivity contribution in [2.45, 2.75) is 13.0 Å². The number of pyridine rings is 2. The van der Waals surface area contributed by atoms with E-state index in [1.165, 1.54) is 0 Å². The SMILES string of the molecule is COc1cnc(CN2CC(Cc3ccccn3)C(=O)c3c(Cl)nc(N)nc32)cc1OC. The molecule has 4 heterocycles. The zero-order valence-corrected chi connectivity index (χ0v) is 17.8. The van der Waals surface area contributed by atoms with Gasteiger partial charge in [-0.15, -0.1) is 0 Å². The van der Waals surface area contributed by atoms with Crippen LogP contribution < -0.4 is 20.1 Å². The van der Waals surface area contributed by atoms with Gasteiger partial charge in [-0.05, 0) is 12.1 Å². The van der Waals surface area contributed by atoms with Gasteiger partial charge in [-0.2, -0.15) is 4.98 Å². The van der Waals surface area contributed by atoms with Gasteiger partial charge in [0.1, 0.15) is 11.0 Å². The minimum absolute atomic E-state index is 0.00463. The molecule has 0 spiro atoms. The Labute approximate surface area is 184 Å². The summed E-state index contributed by atoms with van der Waals surface area (Å²) >= 11 is 6.32. The molecule has 31 heavy (non-hydrogen) atoms. The molecule has 0 radical (unpaired) electrons. The van der Waals surface area contributed by atoms with E-state index in [0.29, 0.717) is 42.5 Å². The number of nitrogens with zero attached hydrogens (tertiary/aromatic N) is 5. The second-order valence-electron chi connectivity index (χ2n) is 7.07. The van der Waals surface area contributed by atoms with Crippen LogP contribution in [0.5, 0.6) is 11.5 Å². The molecule has 0 saturated carbocycles. The van der Waals surface area contributed by atoms with Gasteiger partial charge in [0, 0.05) is 36.8 Å². The Bertz CT molecular complexity index is 1110.